The lowest BCUT2D eigenvalue weighted by atomic mass is 10.1. The number of fused-ring (bicyclic) bond motifs is 1. The minimum absolute atomic E-state index is 0.0746. The first-order valence-electron chi connectivity index (χ1n) is 4.33. The Bertz CT molecular complexity index is 470. The number of aromatic carboxylic acids is 1. The Labute approximate surface area is 91.1 Å². The number of carbonyl (C=O) groups is 2. The summed E-state index contributed by atoms with van der Waals surface area (Å²) < 4.78 is 0. The topological polar surface area (TPSA) is 57.6 Å². The van der Waals surface area contributed by atoms with Gasteiger partial charge in [0.1, 0.15) is 0 Å². The van der Waals surface area contributed by atoms with Crippen LogP contribution in [0, 0.1) is 0 Å². The molecular weight excluding hydrogens is 218 g/mol. The summed E-state index contributed by atoms with van der Waals surface area (Å²) in [6.07, 6.45) is 0.241. The summed E-state index contributed by atoms with van der Waals surface area (Å²) in [5.74, 6) is -1.12. The Balaban J connectivity index is 2.62. The van der Waals surface area contributed by atoms with Gasteiger partial charge in [-0.1, -0.05) is 11.6 Å². The molecule has 0 fully saturated rings. The van der Waals surface area contributed by atoms with Gasteiger partial charge in [-0.05, 0) is 12.1 Å². The second-order valence-corrected chi connectivity index (χ2v) is 3.80. The van der Waals surface area contributed by atoms with Gasteiger partial charge in [-0.25, -0.2) is 4.79 Å². The molecule has 0 aliphatic carbocycles. The number of benzene rings is 1. The highest BCUT2D eigenvalue weighted by Crippen LogP contribution is 2.34. The quantitative estimate of drug-likeness (QED) is 0.789. The van der Waals surface area contributed by atoms with E-state index in [0.29, 0.717) is 16.3 Å². The second kappa shape index (κ2) is 3.24. The van der Waals surface area contributed by atoms with E-state index in [4.69, 9.17) is 16.7 Å². The van der Waals surface area contributed by atoms with Crippen LogP contribution in [0.1, 0.15) is 15.9 Å². The molecule has 2 rings (SSSR count). The maximum atomic E-state index is 11.4. The number of halogens is 1. The van der Waals surface area contributed by atoms with Gasteiger partial charge in [-0.2, -0.15) is 0 Å². The number of carboxylic acids is 1. The van der Waals surface area contributed by atoms with E-state index in [-0.39, 0.29) is 17.9 Å². The number of anilines is 1. The van der Waals surface area contributed by atoms with Crippen molar-refractivity contribution in [2.75, 3.05) is 11.9 Å². The third-order valence-electron chi connectivity index (χ3n) is 2.48. The van der Waals surface area contributed by atoms with Crippen LogP contribution < -0.4 is 4.90 Å². The van der Waals surface area contributed by atoms with Crippen molar-refractivity contribution in [3.63, 3.8) is 0 Å². The van der Waals surface area contributed by atoms with E-state index in [1.807, 2.05) is 0 Å². The Hall–Kier alpha value is -1.55. The molecule has 5 heteroatoms. The van der Waals surface area contributed by atoms with Crippen molar-refractivity contribution in [3.05, 3.63) is 28.3 Å². The summed E-state index contributed by atoms with van der Waals surface area (Å²) in [6, 6.07) is 2.84. The van der Waals surface area contributed by atoms with E-state index in [1.165, 1.54) is 17.0 Å². The van der Waals surface area contributed by atoms with Crippen LogP contribution in [0.5, 0.6) is 0 Å². The summed E-state index contributed by atoms with van der Waals surface area (Å²) in [7, 11) is 1.61. The Morgan fingerprint density at radius 2 is 2.20 bits per heavy atom. The highest BCUT2D eigenvalue weighted by molar-refractivity contribution is 6.33. The predicted octanol–water partition coefficient (Wildman–Crippen LogP) is 1.56. The molecule has 0 radical (unpaired) electrons. The first-order chi connectivity index (χ1) is 7.00. The van der Waals surface area contributed by atoms with Crippen molar-refractivity contribution in [1.82, 2.24) is 0 Å². The van der Waals surface area contributed by atoms with Gasteiger partial charge in [0, 0.05) is 23.3 Å². The van der Waals surface area contributed by atoms with Gasteiger partial charge in [0.25, 0.3) is 0 Å². The zero-order valence-corrected chi connectivity index (χ0v) is 8.71. The minimum Gasteiger partial charge on any atom is -0.478 e. The summed E-state index contributed by atoms with van der Waals surface area (Å²) in [6.45, 7) is 0. The Morgan fingerprint density at radius 3 is 2.80 bits per heavy atom. The van der Waals surface area contributed by atoms with Gasteiger partial charge in [-0.3, -0.25) is 4.79 Å². The van der Waals surface area contributed by atoms with Gasteiger partial charge in [-0.15, -0.1) is 0 Å². The average Bonchev–Trinajstić information content (AvgIpc) is 2.45. The van der Waals surface area contributed by atoms with Gasteiger partial charge in [0.15, 0.2) is 0 Å². The van der Waals surface area contributed by atoms with E-state index >= 15 is 0 Å². The van der Waals surface area contributed by atoms with Crippen LogP contribution in [0.25, 0.3) is 0 Å². The van der Waals surface area contributed by atoms with Crippen LogP contribution in [0.15, 0.2) is 12.1 Å². The number of amides is 1. The third kappa shape index (κ3) is 1.47. The highest BCUT2D eigenvalue weighted by Gasteiger charge is 2.27. The Kier molecular flexibility index (Phi) is 2.16. The molecule has 0 saturated carbocycles. The minimum atomic E-state index is -1.05. The number of rotatable bonds is 1. The van der Waals surface area contributed by atoms with Crippen LogP contribution in [0.3, 0.4) is 0 Å². The van der Waals surface area contributed by atoms with Gasteiger partial charge < -0.3 is 10.0 Å². The van der Waals surface area contributed by atoms with Gasteiger partial charge >= 0.3 is 5.97 Å². The molecule has 1 aliphatic rings. The number of hydrogen-bond acceptors (Lipinski definition) is 2. The fourth-order valence-corrected chi connectivity index (χ4v) is 1.91. The van der Waals surface area contributed by atoms with Crippen LogP contribution in [-0.4, -0.2) is 24.0 Å². The van der Waals surface area contributed by atoms with E-state index in [1.54, 1.807) is 7.05 Å². The molecule has 1 N–H and O–H groups in total. The summed E-state index contributed by atoms with van der Waals surface area (Å²) in [4.78, 5) is 23.6. The maximum Gasteiger partial charge on any atom is 0.335 e. The highest BCUT2D eigenvalue weighted by atomic mass is 35.5. The number of likely N-dealkylation sites (N-methyl/N-ethyl adjacent to an activating group) is 1. The van der Waals surface area contributed by atoms with Gasteiger partial charge in [0.2, 0.25) is 5.91 Å². The third-order valence-corrected chi connectivity index (χ3v) is 2.82. The normalized spacial score (nSPS) is 14.3. The molecule has 0 bridgehead atoms. The van der Waals surface area contributed by atoms with E-state index < -0.39 is 5.97 Å². The molecule has 15 heavy (non-hydrogen) atoms. The van der Waals surface area contributed by atoms with Crippen molar-refractivity contribution < 1.29 is 14.7 Å². The zero-order valence-electron chi connectivity index (χ0n) is 7.95. The number of carboxylic acid groups (broad SMARTS) is 1. The molecule has 0 unspecified atom stereocenters. The molecule has 4 nitrogen and oxygen atoms in total. The standard InChI is InChI=1S/C10H8ClNO3/c1-12-8-3-5(10(14)15)2-7(11)6(8)4-9(12)13/h2-3H,4H2,1H3,(H,14,15). The molecule has 1 aliphatic heterocycles. The predicted molar refractivity (Wildman–Crippen MR) is 55.5 cm³/mol. The first kappa shape index (κ1) is 9.98. The molecule has 0 atom stereocenters. The number of hydrogen-bond donors (Lipinski definition) is 1. The van der Waals surface area contributed by atoms with E-state index in [0.717, 1.165) is 0 Å². The summed E-state index contributed by atoms with van der Waals surface area (Å²) in [5.41, 5.74) is 1.39. The number of nitrogens with zero attached hydrogens (tertiary/aromatic N) is 1. The van der Waals surface area contributed by atoms with Crippen LogP contribution in [0.4, 0.5) is 5.69 Å². The molecule has 0 aromatic heterocycles. The number of carbonyl (C=O) groups excluding carboxylic acids is 1. The fourth-order valence-electron chi connectivity index (χ4n) is 1.62. The first-order valence-corrected chi connectivity index (χ1v) is 4.71. The lowest BCUT2D eigenvalue weighted by Crippen LogP contribution is -2.20. The molecule has 1 amide bonds. The van der Waals surface area contributed by atoms with Crippen molar-refractivity contribution >= 4 is 29.2 Å². The molecule has 78 valence electrons. The average molecular weight is 226 g/mol. The molecule has 1 aromatic rings. The molecule has 1 heterocycles. The Morgan fingerprint density at radius 1 is 1.53 bits per heavy atom. The fraction of sp³-hybridized carbons (Fsp3) is 0.200. The maximum absolute atomic E-state index is 11.4. The molecule has 0 saturated heterocycles. The molecular formula is C10H8ClNO3. The van der Waals surface area contributed by atoms with Crippen molar-refractivity contribution in [2.45, 2.75) is 6.42 Å². The SMILES string of the molecule is CN1C(=O)Cc2c(Cl)cc(C(=O)O)cc21. The molecule has 0 spiro atoms. The summed E-state index contributed by atoms with van der Waals surface area (Å²) in [5, 5.41) is 9.17. The largest absolute Gasteiger partial charge is 0.478 e. The van der Waals surface area contributed by atoms with Gasteiger partial charge in [0.05, 0.1) is 12.0 Å². The van der Waals surface area contributed by atoms with E-state index in [9.17, 15) is 9.59 Å². The lowest BCUT2D eigenvalue weighted by molar-refractivity contribution is -0.117. The van der Waals surface area contributed by atoms with Crippen LogP contribution >= 0.6 is 11.6 Å². The smallest absolute Gasteiger partial charge is 0.335 e. The van der Waals surface area contributed by atoms with Crippen molar-refractivity contribution in [3.8, 4) is 0 Å². The molecule has 1 aromatic carbocycles. The van der Waals surface area contributed by atoms with Crippen molar-refractivity contribution in [2.24, 2.45) is 0 Å². The van der Waals surface area contributed by atoms with E-state index in [2.05, 4.69) is 0 Å². The second-order valence-electron chi connectivity index (χ2n) is 3.39. The monoisotopic (exact) mass is 225 g/mol. The lowest BCUT2D eigenvalue weighted by Gasteiger charge is -2.10. The van der Waals surface area contributed by atoms with Crippen LogP contribution in [0.2, 0.25) is 5.02 Å². The van der Waals surface area contributed by atoms with Crippen molar-refractivity contribution in [1.29, 1.82) is 0 Å². The zero-order chi connectivity index (χ0) is 11.2. The van der Waals surface area contributed by atoms with Crippen LogP contribution in [-0.2, 0) is 11.2 Å². The summed E-state index contributed by atoms with van der Waals surface area (Å²) >= 11 is 5.91.